The van der Waals surface area contributed by atoms with Crippen LogP contribution in [0.15, 0.2) is 24.3 Å². The van der Waals surface area contributed by atoms with E-state index in [1.54, 1.807) is 6.07 Å². The number of benzene rings is 1. The van der Waals surface area contributed by atoms with Crippen molar-refractivity contribution in [2.75, 3.05) is 32.7 Å². The van der Waals surface area contributed by atoms with Crippen LogP contribution in [0.1, 0.15) is 11.7 Å². The van der Waals surface area contributed by atoms with Crippen LogP contribution in [0.4, 0.5) is 13.2 Å². The number of halogens is 3. The van der Waals surface area contributed by atoms with Crippen molar-refractivity contribution in [3.63, 3.8) is 0 Å². The molecule has 7 heteroatoms. The number of piperazine rings is 3. The molecule has 0 radical (unpaired) electrons. The highest BCUT2D eigenvalue weighted by molar-refractivity contribution is 5.31. The number of aliphatic hydroxyl groups excluding tert-OH is 1. The second-order valence-corrected chi connectivity index (χ2v) is 5.47. The second kappa shape index (κ2) is 5.47. The van der Waals surface area contributed by atoms with Gasteiger partial charge in [-0.05, 0) is 17.7 Å². The van der Waals surface area contributed by atoms with Crippen molar-refractivity contribution in [3.8, 4) is 5.75 Å². The molecule has 3 fully saturated rings. The Hall–Kier alpha value is -1.31. The zero-order valence-corrected chi connectivity index (χ0v) is 11.4. The molecular formula is C14H17F3N2O2. The Kier molecular flexibility index (Phi) is 3.81. The number of fused-ring (bicyclic) bond motifs is 3. The normalized spacial score (nSPS) is 30.2. The Morgan fingerprint density at radius 2 is 1.90 bits per heavy atom. The van der Waals surface area contributed by atoms with Gasteiger partial charge in [0.1, 0.15) is 5.75 Å². The summed E-state index contributed by atoms with van der Waals surface area (Å²) in [7, 11) is 0. The quantitative estimate of drug-likeness (QED) is 0.920. The Balaban J connectivity index is 1.75. The number of hydrogen-bond donors (Lipinski definition) is 1. The smallest absolute Gasteiger partial charge is 0.406 e. The van der Waals surface area contributed by atoms with Crippen LogP contribution in [0.5, 0.6) is 5.75 Å². The molecule has 0 spiro atoms. The lowest BCUT2D eigenvalue weighted by Gasteiger charge is -2.49. The highest BCUT2D eigenvalue weighted by Crippen LogP contribution is 2.30. The Morgan fingerprint density at radius 1 is 1.19 bits per heavy atom. The zero-order chi connectivity index (χ0) is 15.0. The van der Waals surface area contributed by atoms with E-state index in [-0.39, 0.29) is 11.8 Å². The standard InChI is InChI=1S/C14H17F3N2O2/c15-14(16,17)21-11-3-1-2-10(8-11)13(20)12-9-18-4-6-19(12)7-5-18/h1-3,8,12-13,20H,4-7,9H2. The Bertz CT molecular complexity index is 501. The first-order chi connectivity index (χ1) is 9.92. The molecule has 3 aliphatic rings. The fourth-order valence-corrected chi connectivity index (χ4v) is 3.07. The minimum absolute atomic E-state index is 0.0753. The van der Waals surface area contributed by atoms with Gasteiger partial charge in [0.15, 0.2) is 0 Å². The predicted molar refractivity (Wildman–Crippen MR) is 69.9 cm³/mol. The molecule has 21 heavy (non-hydrogen) atoms. The molecule has 1 aromatic carbocycles. The molecule has 2 bridgehead atoms. The number of ether oxygens (including phenoxy) is 1. The van der Waals surface area contributed by atoms with E-state index in [1.165, 1.54) is 18.2 Å². The number of hydrogen-bond acceptors (Lipinski definition) is 4. The molecule has 0 aliphatic carbocycles. The third kappa shape index (κ3) is 3.30. The second-order valence-electron chi connectivity index (χ2n) is 5.47. The molecule has 0 aromatic heterocycles. The SMILES string of the molecule is OC(c1cccc(OC(F)(F)F)c1)C1CN2CCN1CC2. The minimum Gasteiger partial charge on any atom is -0.406 e. The van der Waals surface area contributed by atoms with E-state index in [9.17, 15) is 18.3 Å². The van der Waals surface area contributed by atoms with Gasteiger partial charge >= 0.3 is 6.36 Å². The Morgan fingerprint density at radius 3 is 2.48 bits per heavy atom. The highest BCUT2D eigenvalue weighted by atomic mass is 19.4. The van der Waals surface area contributed by atoms with Gasteiger partial charge in [0.25, 0.3) is 0 Å². The fraction of sp³-hybridized carbons (Fsp3) is 0.571. The summed E-state index contributed by atoms with van der Waals surface area (Å²) in [6, 6.07) is 5.52. The lowest BCUT2D eigenvalue weighted by atomic mass is 9.96. The van der Waals surface area contributed by atoms with Gasteiger partial charge < -0.3 is 9.84 Å². The molecule has 4 nitrogen and oxygen atoms in total. The number of aliphatic hydroxyl groups is 1. The third-order valence-electron chi connectivity index (χ3n) is 4.12. The summed E-state index contributed by atoms with van der Waals surface area (Å²) in [6.45, 7) is 4.49. The van der Waals surface area contributed by atoms with Crippen LogP contribution in [0.25, 0.3) is 0 Å². The van der Waals surface area contributed by atoms with Crippen LogP contribution in [0.3, 0.4) is 0 Å². The first-order valence-electron chi connectivity index (χ1n) is 6.92. The van der Waals surface area contributed by atoms with Crippen LogP contribution in [0.2, 0.25) is 0 Å². The van der Waals surface area contributed by atoms with E-state index in [1.807, 2.05) is 0 Å². The Labute approximate surface area is 120 Å². The molecule has 3 aliphatic heterocycles. The van der Waals surface area contributed by atoms with E-state index >= 15 is 0 Å². The average Bonchev–Trinajstić information content (AvgIpc) is 2.46. The van der Waals surface area contributed by atoms with Gasteiger partial charge in [-0.1, -0.05) is 12.1 Å². The number of nitrogens with zero attached hydrogens (tertiary/aromatic N) is 2. The summed E-state index contributed by atoms with van der Waals surface area (Å²) in [4.78, 5) is 4.46. The average molecular weight is 302 g/mol. The number of rotatable bonds is 3. The van der Waals surface area contributed by atoms with Crippen LogP contribution in [0, 0.1) is 0 Å². The minimum atomic E-state index is -4.72. The molecule has 2 atom stereocenters. The van der Waals surface area contributed by atoms with Crippen LogP contribution < -0.4 is 4.74 Å². The predicted octanol–water partition coefficient (Wildman–Crippen LogP) is 1.62. The van der Waals surface area contributed by atoms with E-state index in [2.05, 4.69) is 14.5 Å². The van der Waals surface area contributed by atoms with Crippen molar-refractivity contribution in [1.29, 1.82) is 0 Å². The molecule has 3 saturated heterocycles. The highest BCUT2D eigenvalue weighted by Gasteiger charge is 2.37. The number of alkyl halides is 3. The topological polar surface area (TPSA) is 35.9 Å². The van der Waals surface area contributed by atoms with Crippen molar-refractivity contribution in [3.05, 3.63) is 29.8 Å². The van der Waals surface area contributed by atoms with Crippen molar-refractivity contribution >= 4 is 0 Å². The first kappa shape index (κ1) is 14.6. The maximum atomic E-state index is 12.3. The van der Waals surface area contributed by atoms with E-state index in [0.717, 1.165) is 32.7 Å². The third-order valence-corrected chi connectivity index (χ3v) is 4.12. The summed E-state index contributed by atoms with van der Waals surface area (Å²) in [5.74, 6) is -0.296. The van der Waals surface area contributed by atoms with Crippen LogP contribution >= 0.6 is 0 Å². The van der Waals surface area contributed by atoms with Crippen molar-refractivity contribution in [2.45, 2.75) is 18.5 Å². The molecule has 0 amide bonds. The van der Waals surface area contributed by atoms with Gasteiger partial charge in [0.05, 0.1) is 12.1 Å². The van der Waals surface area contributed by atoms with Crippen LogP contribution in [-0.4, -0.2) is 60.0 Å². The first-order valence-corrected chi connectivity index (χ1v) is 6.92. The maximum absolute atomic E-state index is 12.3. The van der Waals surface area contributed by atoms with E-state index in [4.69, 9.17) is 0 Å². The van der Waals surface area contributed by atoms with E-state index in [0.29, 0.717) is 5.56 Å². The van der Waals surface area contributed by atoms with Gasteiger partial charge in [0.2, 0.25) is 0 Å². The fourth-order valence-electron chi connectivity index (χ4n) is 3.07. The summed E-state index contributed by atoms with van der Waals surface area (Å²) in [5.41, 5.74) is 0.454. The van der Waals surface area contributed by atoms with Gasteiger partial charge in [0, 0.05) is 32.7 Å². The van der Waals surface area contributed by atoms with Gasteiger partial charge in [-0.2, -0.15) is 0 Å². The molecule has 1 N–H and O–H groups in total. The lowest BCUT2D eigenvalue weighted by molar-refractivity contribution is -0.274. The van der Waals surface area contributed by atoms with Gasteiger partial charge in [-0.3, -0.25) is 9.80 Å². The summed E-state index contributed by atoms with van der Waals surface area (Å²) in [5, 5.41) is 10.5. The summed E-state index contributed by atoms with van der Waals surface area (Å²) < 4.78 is 40.7. The van der Waals surface area contributed by atoms with Crippen molar-refractivity contribution < 1.29 is 23.0 Å². The maximum Gasteiger partial charge on any atom is 0.573 e. The van der Waals surface area contributed by atoms with Crippen LogP contribution in [-0.2, 0) is 0 Å². The molecule has 116 valence electrons. The molecule has 3 heterocycles. The summed E-state index contributed by atoms with van der Waals surface area (Å²) in [6.07, 6.45) is -5.53. The summed E-state index contributed by atoms with van der Waals surface area (Å²) >= 11 is 0. The zero-order valence-electron chi connectivity index (χ0n) is 11.4. The molecule has 2 unspecified atom stereocenters. The molecular weight excluding hydrogens is 285 g/mol. The van der Waals surface area contributed by atoms with Gasteiger partial charge in [-0.15, -0.1) is 13.2 Å². The van der Waals surface area contributed by atoms with Gasteiger partial charge in [-0.25, -0.2) is 0 Å². The lowest BCUT2D eigenvalue weighted by Crippen LogP contribution is -2.62. The van der Waals surface area contributed by atoms with Crippen molar-refractivity contribution in [1.82, 2.24) is 9.80 Å². The monoisotopic (exact) mass is 302 g/mol. The largest absolute Gasteiger partial charge is 0.573 e. The molecule has 4 rings (SSSR count). The van der Waals surface area contributed by atoms with Crippen molar-refractivity contribution in [2.24, 2.45) is 0 Å². The molecule has 1 aromatic rings. The molecule has 0 saturated carbocycles. The van der Waals surface area contributed by atoms with E-state index < -0.39 is 12.5 Å².